The molecule has 0 aromatic heterocycles. The van der Waals surface area contributed by atoms with Gasteiger partial charge in [0.1, 0.15) is 11.4 Å². The summed E-state index contributed by atoms with van der Waals surface area (Å²) in [6, 6.07) is 5.99. The van der Waals surface area contributed by atoms with Gasteiger partial charge in [0.15, 0.2) is 0 Å². The van der Waals surface area contributed by atoms with E-state index in [-0.39, 0.29) is 17.7 Å². The van der Waals surface area contributed by atoms with Crippen molar-refractivity contribution in [2.24, 2.45) is 0 Å². The van der Waals surface area contributed by atoms with Gasteiger partial charge in [-0.25, -0.2) is 4.39 Å². The molecule has 0 N–H and O–H groups in total. The van der Waals surface area contributed by atoms with Crippen molar-refractivity contribution in [3.8, 4) is 0 Å². The Bertz CT molecular complexity index is 376. The zero-order chi connectivity index (χ0) is 13.1. The minimum Gasteiger partial charge on any atom is -0.459 e. The molecule has 1 aromatic carbocycles. The highest BCUT2D eigenvalue weighted by molar-refractivity contribution is 5.78. The van der Waals surface area contributed by atoms with Gasteiger partial charge in [0.25, 0.3) is 0 Å². The van der Waals surface area contributed by atoms with Crippen LogP contribution in [0.15, 0.2) is 24.3 Å². The van der Waals surface area contributed by atoms with Crippen molar-refractivity contribution in [1.82, 2.24) is 0 Å². The van der Waals surface area contributed by atoms with E-state index in [0.717, 1.165) is 5.56 Å². The van der Waals surface area contributed by atoms with Crippen LogP contribution >= 0.6 is 0 Å². The number of halogens is 1. The number of carbonyl (C=O) groups is 1. The van der Waals surface area contributed by atoms with E-state index in [2.05, 4.69) is 0 Å². The molecule has 0 saturated heterocycles. The van der Waals surface area contributed by atoms with Gasteiger partial charge < -0.3 is 4.74 Å². The molecule has 3 heteroatoms. The van der Waals surface area contributed by atoms with Gasteiger partial charge in [0, 0.05) is 0 Å². The monoisotopic (exact) mass is 238 g/mol. The number of carbonyl (C=O) groups excluding carboxylic acids is 1. The lowest BCUT2D eigenvalue weighted by Crippen LogP contribution is -2.27. The fraction of sp³-hybridized carbons (Fsp3) is 0.500. The highest BCUT2D eigenvalue weighted by Crippen LogP contribution is 2.23. The minimum atomic E-state index is -0.496. The molecule has 1 unspecified atom stereocenters. The molecule has 0 bridgehead atoms. The van der Waals surface area contributed by atoms with Gasteiger partial charge in [-0.3, -0.25) is 4.79 Å². The second-order valence-corrected chi connectivity index (χ2v) is 5.05. The highest BCUT2D eigenvalue weighted by atomic mass is 19.1. The summed E-state index contributed by atoms with van der Waals surface area (Å²) in [6.45, 7) is 7.42. The topological polar surface area (TPSA) is 26.3 Å². The van der Waals surface area contributed by atoms with Crippen LogP contribution in [0.1, 0.15) is 45.6 Å². The molecule has 17 heavy (non-hydrogen) atoms. The summed E-state index contributed by atoms with van der Waals surface area (Å²) in [6.07, 6.45) is 0.639. The summed E-state index contributed by atoms with van der Waals surface area (Å²) < 4.78 is 18.2. The molecular formula is C14H19FO2. The van der Waals surface area contributed by atoms with Crippen LogP contribution in [0.3, 0.4) is 0 Å². The first-order valence-electron chi connectivity index (χ1n) is 5.82. The van der Waals surface area contributed by atoms with Crippen molar-refractivity contribution in [2.75, 3.05) is 0 Å². The van der Waals surface area contributed by atoms with Gasteiger partial charge in [-0.15, -0.1) is 0 Å². The molecule has 2 nitrogen and oxygen atoms in total. The molecule has 0 radical (unpaired) electrons. The lowest BCUT2D eigenvalue weighted by molar-refractivity contribution is -0.156. The summed E-state index contributed by atoms with van der Waals surface area (Å²) in [4.78, 5) is 12.0. The van der Waals surface area contributed by atoms with E-state index in [9.17, 15) is 9.18 Å². The van der Waals surface area contributed by atoms with Crippen LogP contribution < -0.4 is 0 Å². The van der Waals surface area contributed by atoms with E-state index in [1.807, 2.05) is 27.7 Å². The maximum Gasteiger partial charge on any atom is 0.313 e. The first kappa shape index (κ1) is 13.7. The van der Waals surface area contributed by atoms with Crippen molar-refractivity contribution in [3.63, 3.8) is 0 Å². The van der Waals surface area contributed by atoms with Gasteiger partial charge in [0.05, 0.1) is 5.92 Å². The van der Waals surface area contributed by atoms with Crippen LogP contribution in [0.4, 0.5) is 4.39 Å². The average Bonchev–Trinajstić information content (AvgIpc) is 2.19. The predicted octanol–water partition coefficient (Wildman–Crippen LogP) is 3.66. The van der Waals surface area contributed by atoms with Gasteiger partial charge in [-0.2, -0.15) is 0 Å². The van der Waals surface area contributed by atoms with Crippen LogP contribution in [0.2, 0.25) is 0 Å². The van der Waals surface area contributed by atoms with Crippen LogP contribution in [0.25, 0.3) is 0 Å². The SMILES string of the molecule is CCC(C(=O)OC(C)(C)C)c1ccc(F)cc1. The molecule has 0 aliphatic heterocycles. The first-order chi connectivity index (χ1) is 7.83. The number of hydrogen-bond donors (Lipinski definition) is 0. The van der Waals surface area contributed by atoms with E-state index in [0.29, 0.717) is 6.42 Å². The lowest BCUT2D eigenvalue weighted by Gasteiger charge is -2.23. The van der Waals surface area contributed by atoms with Crippen LogP contribution in [-0.2, 0) is 9.53 Å². The molecule has 0 saturated carbocycles. The lowest BCUT2D eigenvalue weighted by atomic mass is 9.96. The molecule has 1 aromatic rings. The first-order valence-corrected chi connectivity index (χ1v) is 5.82. The van der Waals surface area contributed by atoms with E-state index in [1.54, 1.807) is 12.1 Å². The molecule has 1 atom stereocenters. The molecule has 0 amide bonds. The van der Waals surface area contributed by atoms with Crippen molar-refractivity contribution < 1.29 is 13.9 Å². The van der Waals surface area contributed by atoms with Gasteiger partial charge >= 0.3 is 5.97 Å². The molecule has 0 spiro atoms. The predicted molar refractivity (Wildman–Crippen MR) is 65.3 cm³/mol. The Balaban J connectivity index is 2.84. The summed E-state index contributed by atoms with van der Waals surface area (Å²) in [5, 5.41) is 0. The fourth-order valence-electron chi connectivity index (χ4n) is 1.61. The van der Waals surface area contributed by atoms with Crippen molar-refractivity contribution in [3.05, 3.63) is 35.6 Å². The van der Waals surface area contributed by atoms with Crippen molar-refractivity contribution in [2.45, 2.75) is 45.6 Å². The molecule has 0 aliphatic rings. The molecule has 0 fully saturated rings. The Morgan fingerprint density at radius 3 is 2.24 bits per heavy atom. The van der Waals surface area contributed by atoms with Crippen LogP contribution in [-0.4, -0.2) is 11.6 Å². The van der Waals surface area contributed by atoms with Crippen LogP contribution in [0, 0.1) is 5.82 Å². The Hall–Kier alpha value is -1.38. The highest BCUT2D eigenvalue weighted by Gasteiger charge is 2.25. The zero-order valence-corrected chi connectivity index (χ0v) is 10.8. The number of benzene rings is 1. The smallest absolute Gasteiger partial charge is 0.313 e. The summed E-state index contributed by atoms with van der Waals surface area (Å²) in [5.41, 5.74) is 0.299. The minimum absolute atomic E-state index is 0.258. The third-order valence-corrected chi connectivity index (χ3v) is 2.37. The average molecular weight is 238 g/mol. The normalized spacial score (nSPS) is 13.2. The van der Waals surface area contributed by atoms with E-state index in [1.165, 1.54) is 12.1 Å². The molecular weight excluding hydrogens is 219 g/mol. The van der Waals surface area contributed by atoms with Gasteiger partial charge in [0.2, 0.25) is 0 Å². The Morgan fingerprint density at radius 1 is 1.29 bits per heavy atom. The second-order valence-electron chi connectivity index (χ2n) is 5.05. The Labute approximate surface area is 102 Å². The Morgan fingerprint density at radius 2 is 1.82 bits per heavy atom. The van der Waals surface area contributed by atoms with E-state index >= 15 is 0 Å². The van der Waals surface area contributed by atoms with Gasteiger partial charge in [-0.05, 0) is 44.9 Å². The van der Waals surface area contributed by atoms with Gasteiger partial charge in [-0.1, -0.05) is 19.1 Å². The van der Waals surface area contributed by atoms with Crippen molar-refractivity contribution >= 4 is 5.97 Å². The number of ether oxygens (including phenoxy) is 1. The molecule has 94 valence electrons. The van der Waals surface area contributed by atoms with Crippen molar-refractivity contribution in [1.29, 1.82) is 0 Å². The third kappa shape index (κ3) is 4.17. The third-order valence-electron chi connectivity index (χ3n) is 2.37. The maximum atomic E-state index is 12.8. The fourth-order valence-corrected chi connectivity index (χ4v) is 1.61. The molecule has 0 heterocycles. The van der Waals surface area contributed by atoms with Crippen LogP contribution in [0.5, 0.6) is 0 Å². The Kier molecular flexibility index (Phi) is 4.27. The standard InChI is InChI=1S/C14H19FO2/c1-5-12(13(16)17-14(2,3)4)10-6-8-11(15)9-7-10/h6-9,12H,5H2,1-4H3. The quantitative estimate of drug-likeness (QED) is 0.751. The molecule has 1 rings (SSSR count). The summed E-state index contributed by atoms with van der Waals surface area (Å²) in [7, 11) is 0. The maximum absolute atomic E-state index is 12.8. The number of rotatable bonds is 3. The number of esters is 1. The second kappa shape index (κ2) is 5.30. The summed E-state index contributed by atoms with van der Waals surface area (Å²) >= 11 is 0. The zero-order valence-electron chi connectivity index (χ0n) is 10.8. The largest absolute Gasteiger partial charge is 0.459 e. The van der Waals surface area contributed by atoms with E-state index < -0.39 is 5.60 Å². The molecule has 0 aliphatic carbocycles. The number of hydrogen-bond acceptors (Lipinski definition) is 2. The summed E-state index contributed by atoms with van der Waals surface area (Å²) in [5.74, 6) is -0.880. The van der Waals surface area contributed by atoms with E-state index in [4.69, 9.17) is 4.74 Å².